The molecule has 1 aromatic carbocycles. The molecule has 0 radical (unpaired) electrons. The van der Waals surface area contributed by atoms with Gasteiger partial charge in [0.25, 0.3) is 0 Å². The third kappa shape index (κ3) is 3.70. The standard InChI is InChI=1S/C14H12FN3O/c1-19-14(12-5-7-16-8-6-12)18-17-10-11-3-2-4-13(15)9-11/h2-10H,1H3/b17-10+,18-14-. The fourth-order valence-corrected chi connectivity index (χ4v) is 1.45. The Morgan fingerprint density at radius 1 is 1.26 bits per heavy atom. The van der Waals surface area contributed by atoms with Crippen molar-refractivity contribution < 1.29 is 9.13 Å². The normalized spacial score (nSPS) is 11.8. The van der Waals surface area contributed by atoms with Crippen molar-refractivity contribution in [3.05, 3.63) is 65.7 Å². The summed E-state index contributed by atoms with van der Waals surface area (Å²) in [5, 5.41) is 7.83. The number of benzene rings is 1. The Bertz CT molecular complexity index is 597. The molecular weight excluding hydrogens is 245 g/mol. The van der Waals surface area contributed by atoms with Gasteiger partial charge in [-0.25, -0.2) is 4.39 Å². The first-order chi connectivity index (χ1) is 9.29. The Kier molecular flexibility index (Phi) is 4.34. The van der Waals surface area contributed by atoms with E-state index in [0.29, 0.717) is 11.5 Å². The van der Waals surface area contributed by atoms with E-state index in [1.54, 1.807) is 36.7 Å². The van der Waals surface area contributed by atoms with Crippen LogP contribution in [0.4, 0.5) is 4.39 Å². The zero-order chi connectivity index (χ0) is 13.5. The van der Waals surface area contributed by atoms with Crippen LogP contribution in [0, 0.1) is 5.82 Å². The van der Waals surface area contributed by atoms with Gasteiger partial charge in [-0.2, -0.15) is 5.10 Å². The van der Waals surface area contributed by atoms with Crippen LogP contribution >= 0.6 is 0 Å². The largest absolute Gasteiger partial charge is 0.479 e. The van der Waals surface area contributed by atoms with Crippen LogP contribution in [0.2, 0.25) is 0 Å². The summed E-state index contributed by atoms with van der Waals surface area (Å²) in [7, 11) is 1.51. The first kappa shape index (κ1) is 12.9. The summed E-state index contributed by atoms with van der Waals surface area (Å²) in [6.45, 7) is 0. The Labute approximate surface area is 110 Å². The van der Waals surface area contributed by atoms with Crippen LogP contribution < -0.4 is 0 Å². The van der Waals surface area contributed by atoms with Crippen molar-refractivity contribution in [2.75, 3.05) is 7.11 Å². The predicted octanol–water partition coefficient (Wildman–Crippen LogP) is 2.65. The number of hydrogen-bond acceptors (Lipinski definition) is 4. The lowest BCUT2D eigenvalue weighted by Gasteiger charge is -2.01. The molecule has 0 saturated carbocycles. The van der Waals surface area contributed by atoms with E-state index < -0.39 is 0 Å². The fourth-order valence-electron chi connectivity index (χ4n) is 1.45. The minimum Gasteiger partial charge on any atom is -0.479 e. The lowest BCUT2D eigenvalue weighted by Crippen LogP contribution is -2.02. The third-order valence-electron chi connectivity index (χ3n) is 2.32. The van der Waals surface area contributed by atoms with Gasteiger partial charge in [-0.1, -0.05) is 12.1 Å². The fraction of sp³-hybridized carbons (Fsp3) is 0.0714. The van der Waals surface area contributed by atoms with Crippen molar-refractivity contribution in [2.45, 2.75) is 0 Å². The summed E-state index contributed by atoms with van der Waals surface area (Å²) in [5.74, 6) is 0.0593. The van der Waals surface area contributed by atoms with Crippen molar-refractivity contribution in [3.8, 4) is 0 Å². The summed E-state index contributed by atoms with van der Waals surface area (Å²) < 4.78 is 18.1. The maximum absolute atomic E-state index is 13.0. The Hall–Kier alpha value is -2.56. The van der Waals surface area contributed by atoms with Crippen LogP contribution in [0.15, 0.2) is 59.0 Å². The maximum atomic E-state index is 13.0. The van der Waals surface area contributed by atoms with E-state index >= 15 is 0 Å². The van der Waals surface area contributed by atoms with Crippen LogP contribution in [0.25, 0.3) is 0 Å². The van der Waals surface area contributed by atoms with Crippen molar-refractivity contribution >= 4 is 12.1 Å². The highest BCUT2D eigenvalue weighted by molar-refractivity contribution is 5.94. The molecule has 5 heteroatoms. The summed E-state index contributed by atoms with van der Waals surface area (Å²) in [5.41, 5.74) is 1.41. The maximum Gasteiger partial charge on any atom is 0.240 e. The average Bonchev–Trinajstić information content (AvgIpc) is 2.45. The SMILES string of the molecule is CO/C(=N\N=C\c1cccc(F)c1)c1ccncc1. The number of methoxy groups -OCH3 is 1. The molecule has 96 valence electrons. The minimum atomic E-state index is -0.311. The first-order valence-electron chi connectivity index (χ1n) is 5.60. The Morgan fingerprint density at radius 3 is 2.74 bits per heavy atom. The van der Waals surface area contributed by atoms with E-state index in [2.05, 4.69) is 15.2 Å². The summed E-state index contributed by atoms with van der Waals surface area (Å²) in [4.78, 5) is 3.91. The number of halogens is 1. The molecule has 0 aliphatic rings. The number of rotatable bonds is 3. The summed E-state index contributed by atoms with van der Waals surface area (Å²) in [6.07, 6.45) is 4.74. The smallest absolute Gasteiger partial charge is 0.240 e. The molecule has 0 aliphatic carbocycles. The van der Waals surface area contributed by atoms with E-state index in [9.17, 15) is 4.39 Å². The van der Waals surface area contributed by atoms with E-state index in [1.807, 2.05) is 0 Å². The van der Waals surface area contributed by atoms with Gasteiger partial charge in [0.1, 0.15) is 5.82 Å². The molecule has 0 atom stereocenters. The van der Waals surface area contributed by atoms with Gasteiger partial charge >= 0.3 is 0 Å². The van der Waals surface area contributed by atoms with Crippen LogP contribution in [-0.2, 0) is 4.74 Å². The molecule has 0 saturated heterocycles. The van der Waals surface area contributed by atoms with Gasteiger partial charge in [0.2, 0.25) is 5.90 Å². The lowest BCUT2D eigenvalue weighted by molar-refractivity contribution is 0.403. The van der Waals surface area contributed by atoms with E-state index in [0.717, 1.165) is 5.56 Å². The number of aromatic nitrogens is 1. The molecule has 0 amide bonds. The average molecular weight is 257 g/mol. The van der Waals surface area contributed by atoms with Gasteiger partial charge in [0.15, 0.2) is 0 Å². The quantitative estimate of drug-likeness (QED) is 0.482. The molecule has 1 aromatic heterocycles. The molecule has 0 N–H and O–H groups in total. The lowest BCUT2D eigenvalue weighted by atomic mass is 10.2. The van der Waals surface area contributed by atoms with Crippen LogP contribution in [0.3, 0.4) is 0 Å². The Morgan fingerprint density at radius 2 is 2.05 bits per heavy atom. The zero-order valence-corrected chi connectivity index (χ0v) is 10.3. The number of ether oxygens (including phenoxy) is 1. The zero-order valence-electron chi connectivity index (χ0n) is 10.3. The van der Waals surface area contributed by atoms with Gasteiger partial charge in [-0.15, -0.1) is 5.10 Å². The van der Waals surface area contributed by atoms with E-state index in [1.165, 1.54) is 25.5 Å². The topological polar surface area (TPSA) is 46.8 Å². The van der Waals surface area contributed by atoms with Gasteiger partial charge in [0.05, 0.1) is 13.3 Å². The molecule has 0 aliphatic heterocycles. The second-order valence-corrected chi connectivity index (χ2v) is 3.64. The molecular formula is C14H12FN3O. The summed E-state index contributed by atoms with van der Waals surface area (Å²) >= 11 is 0. The highest BCUT2D eigenvalue weighted by Crippen LogP contribution is 2.03. The van der Waals surface area contributed by atoms with Gasteiger partial charge in [0, 0.05) is 18.0 Å². The molecule has 19 heavy (non-hydrogen) atoms. The molecule has 0 unspecified atom stereocenters. The molecule has 2 rings (SSSR count). The number of pyridine rings is 1. The second-order valence-electron chi connectivity index (χ2n) is 3.64. The van der Waals surface area contributed by atoms with Crippen molar-refractivity contribution in [1.29, 1.82) is 0 Å². The van der Waals surface area contributed by atoms with Gasteiger partial charge < -0.3 is 4.74 Å². The third-order valence-corrected chi connectivity index (χ3v) is 2.32. The van der Waals surface area contributed by atoms with Crippen molar-refractivity contribution in [1.82, 2.24) is 4.98 Å². The van der Waals surface area contributed by atoms with Crippen molar-refractivity contribution in [2.24, 2.45) is 10.2 Å². The van der Waals surface area contributed by atoms with Crippen molar-refractivity contribution in [3.63, 3.8) is 0 Å². The second kappa shape index (κ2) is 6.39. The monoisotopic (exact) mass is 257 g/mol. The van der Waals surface area contributed by atoms with E-state index in [-0.39, 0.29) is 5.82 Å². The molecule has 0 spiro atoms. The minimum absolute atomic E-state index is 0.311. The van der Waals surface area contributed by atoms with Crippen LogP contribution in [0.1, 0.15) is 11.1 Å². The van der Waals surface area contributed by atoms with Gasteiger partial charge in [-0.3, -0.25) is 4.98 Å². The van der Waals surface area contributed by atoms with E-state index in [4.69, 9.17) is 4.74 Å². The Balaban J connectivity index is 2.16. The molecule has 1 heterocycles. The summed E-state index contributed by atoms with van der Waals surface area (Å²) in [6, 6.07) is 9.62. The molecule has 4 nitrogen and oxygen atoms in total. The van der Waals surface area contributed by atoms with Gasteiger partial charge in [-0.05, 0) is 29.8 Å². The predicted molar refractivity (Wildman–Crippen MR) is 71.8 cm³/mol. The molecule has 0 bridgehead atoms. The number of nitrogens with zero attached hydrogens (tertiary/aromatic N) is 3. The highest BCUT2D eigenvalue weighted by atomic mass is 19.1. The molecule has 2 aromatic rings. The highest BCUT2D eigenvalue weighted by Gasteiger charge is 2.01. The van der Waals surface area contributed by atoms with Crippen LogP contribution in [-0.4, -0.2) is 24.2 Å². The first-order valence-corrected chi connectivity index (χ1v) is 5.60. The molecule has 0 fully saturated rings. The van der Waals surface area contributed by atoms with Crippen LogP contribution in [0.5, 0.6) is 0 Å². The number of hydrogen-bond donors (Lipinski definition) is 0.